The van der Waals surface area contributed by atoms with Crippen LogP contribution in [0, 0.1) is 6.92 Å². The van der Waals surface area contributed by atoms with Gasteiger partial charge in [0.1, 0.15) is 17.1 Å². The van der Waals surface area contributed by atoms with Crippen molar-refractivity contribution >= 4 is 52.3 Å². The monoisotopic (exact) mass is 631 g/mol. The number of amides is 4. The van der Waals surface area contributed by atoms with E-state index in [0.29, 0.717) is 32.9 Å². The number of hydrogen-bond acceptors (Lipinski definition) is 10. The van der Waals surface area contributed by atoms with Gasteiger partial charge in [-0.05, 0) is 54.4 Å². The minimum absolute atomic E-state index is 0.0143. The molecule has 1 aliphatic carbocycles. The van der Waals surface area contributed by atoms with Crippen LogP contribution < -0.4 is 16.1 Å². The van der Waals surface area contributed by atoms with E-state index in [-0.39, 0.29) is 66.9 Å². The summed E-state index contributed by atoms with van der Waals surface area (Å²) in [5, 5.41) is 16.7. The molecule has 2 aliphatic heterocycles. The molecule has 5 rings (SSSR count). The van der Waals surface area contributed by atoms with Gasteiger partial charge in [-0.2, -0.15) is 11.8 Å². The summed E-state index contributed by atoms with van der Waals surface area (Å²) in [5.41, 5.74) is 3.64. The molecule has 0 atom stereocenters. The van der Waals surface area contributed by atoms with Crippen LogP contribution >= 0.6 is 11.8 Å². The number of benzene rings is 3. The Kier molecular flexibility index (Phi) is 9.48. The molecular formula is C32H29N3O9S. The number of hydroxylamine groups is 2. The average molecular weight is 632 g/mol. The lowest BCUT2D eigenvalue weighted by molar-refractivity contribution is -0.197. The number of aryl methyl sites for hydroxylation is 1. The van der Waals surface area contributed by atoms with E-state index in [1.54, 1.807) is 30.3 Å². The predicted octanol–water partition coefficient (Wildman–Crippen LogP) is 3.16. The van der Waals surface area contributed by atoms with Crippen molar-refractivity contribution in [3.8, 4) is 28.2 Å². The number of carbonyl (C=O) groups is 5. The van der Waals surface area contributed by atoms with E-state index in [1.807, 2.05) is 13.0 Å². The molecular weight excluding hydrogens is 602 g/mol. The lowest BCUT2D eigenvalue weighted by Crippen LogP contribution is -2.35. The van der Waals surface area contributed by atoms with Crippen LogP contribution in [0.25, 0.3) is 33.4 Å². The third-order valence-corrected chi connectivity index (χ3v) is 8.02. The lowest BCUT2D eigenvalue weighted by Gasteiger charge is -2.17. The van der Waals surface area contributed by atoms with Crippen LogP contribution in [0.5, 0.6) is 5.75 Å². The number of rotatable bonds is 11. The van der Waals surface area contributed by atoms with Crippen molar-refractivity contribution < 1.29 is 38.3 Å². The molecule has 1 fully saturated rings. The van der Waals surface area contributed by atoms with Gasteiger partial charge in [-0.15, -0.1) is 5.06 Å². The fraction of sp³-hybridized carbons (Fsp3) is 0.250. The summed E-state index contributed by atoms with van der Waals surface area (Å²) in [6.07, 6.45) is -0.0372. The summed E-state index contributed by atoms with van der Waals surface area (Å²) in [5.74, 6) is -1.76. The molecule has 13 heteroatoms. The van der Waals surface area contributed by atoms with Crippen molar-refractivity contribution in [1.29, 1.82) is 0 Å². The van der Waals surface area contributed by atoms with Gasteiger partial charge in [-0.25, -0.2) is 4.79 Å². The normalized spacial score (nSPS) is 13.0. The SMILES string of the molecule is Cc1ccc(C(=O)NCCNC(=O)CSCCC(=O)ON2C(=O)CCC2=O)cc1-c1c2ccc(=O)cc-2oc2cc(O)ccc12. The third kappa shape index (κ3) is 7.32. The molecule has 0 radical (unpaired) electrons. The van der Waals surface area contributed by atoms with Crippen LogP contribution in [0.2, 0.25) is 0 Å². The molecule has 0 bridgehead atoms. The standard InChI is InChI=1S/C32H29N3O9S/c1-18-2-3-19(14-24(18)31-22-6-4-20(36)15-25(22)43-26-16-21(37)5-7-23(26)31)32(42)34-12-11-33-27(38)17-45-13-10-30(41)44-35-28(39)8-9-29(35)40/h2-7,14-16,36H,8-13,17H2,1H3,(H,33,38)(H,34,42). The van der Waals surface area contributed by atoms with Gasteiger partial charge in [-0.3, -0.25) is 24.0 Å². The fourth-order valence-corrected chi connectivity index (χ4v) is 5.58. The van der Waals surface area contributed by atoms with Crippen LogP contribution in [0.15, 0.2) is 63.8 Å². The zero-order valence-corrected chi connectivity index (χ0v) is 25.0. The highest BCUT2D eigenvalue weighted by Crippen LogP contribution is 2.42. The van der Waals surface area contributed by atoms with Gasteiger partial charge in [0.15, 0.2) is 5.43 Å². The molecule has 0 saturated carbocycles. The van der Waals surface area contributed by atoms with Crippen molar-refractivity contribution in [3.05, 3.63) is 75.9 Å². The van der Waals surface area contributed by atoms with Crippen molar-refractivity contribution in [1.82, 2.24) is 15.7 Å². The van der Waals surface area contributed by atoms with Crippen molar-refractivity contribution in [2.45, 2.75) is 26.2 Å². The number of imide groups is 1. The maximum absolute atomic E-state index is 13.0. The number of phenolic OH excluding ortho intramolecular Hbond substituents is 1. The number of hydrogen-bond donors (Lipinski definition) is 3. The zero-order chi connectivity index (χ0) is 32.1. The summed E-state index contributed by atoms with van der Waals surface area (Å²) >= 11 is 1.19. The Balaban J connectivity index is 1.15. The molecule has 1 saturated heterocycles. The van der Waals surface area contributed by atoms with Gasteiger partial charge in [0.2, 0.25) is 5.91 Å². The first kappa shape index (κ1) is 31.3. The largest absolute Gasteiger partial charge is 0.508 e. The number of thioether (sulfide) groups is 1. The molecule has 232 valence electrons. The Morgan fingerprint density at radius 2 is 1.69 bits per heavy atom. The zero-order valence-electron chi connectivity index (χ0n) is 24.2. The van der Waals surface area contributed by atoms with Gasteiger partial charge in [0.25, 0.3) is 17.7 Å². The van der Waals surface area contributed by atoms with Gasteiger partial charge >= 0.3 is 5.97 Å². The van der Waals surface area contributed by atoms with Crippen LogP contribution in [-0.4, -0.2) is 64.4 Å². The number of nitrogens with zero attached hydrogens (tertiary/aromatic N) is 1. The van der Waals surface area contributed by atoms with Crippen molar-refractivity contribution in [2.24, 2.45) is 0 Å². The van der Waals surface area contributed by atoms with E-state index in [9.17, 15) is 33.9 Å². The molecule has 12 nitrogen and oxygen atoms in total. The smallest absolute Gasteiger partial charge is 0.334 e. The Bertz CT molecular complexity index is 1840. The molecule has 45 heavy (non-hydrogen) atoms. The van der Waals surface area contributed by atoms with Gasteiger partial charge in [0, 0.05) is 65.9 Å². The van der Waals surface area contributed by atoms with Crippen molar-refractivity contribution in [2.75, 3.05) is 24.6 Å². The molecule has 0 unspecified atom stereocenters. The minimum Gasteiger partial charge on any atom is -0.508 e. The maximum atomic E-state index is 13.0. The highest BCUT2D eigenvalue weighted by molar-refractivity contribution is 7.99. The predicted molar refractivity (Wildman–Crippen MR) is 165 cm³/mol. The Morgan fingerprint density at radius 1 is 0.933 bits per heavy atom. The molecule has 3 aliphatic rings. The van der Waals surface area contributed by atoms with E-state index in [1.165, 1.54) is 30.0 Å². The number of phenols is 1. The molecule has 2 heterocycles. The van der Waals surface area contributed by atoms with E-state index < -0.39 is 17.8 Å². The van der Waals surface area contributed by atoms with Crippen LogP contribution in [0.1, 0.15) is 35.2 Å². The lowest BCUT2D eigenvalue weighted by atomic mass is 9.90. The van der Waals surface area contributed by atoms with E-state index in [0.717, 1.165) is 16.7 Å². The first-order valence-electron chi connectivity index (χ1n) is 14.1. The van der Waals surface area contributed by atoms with Gasteiger partial charge < -0.3 is 25.0 Å². The molecule has 2 aromatic carbocycles. The average Bonchev–Trinajstić information content (AvgIpc) is 3.32. The topological polar surface area (TPSA) is 172 Å². The summed E-state index contributed by atoms with van der Waals surface area (Å²) in [4.78, 5) is 76.9. The van der Waals surface area contributed by atoms with Crippen LogP contribution in [0.4, 0.5) is 0 Å². The fourth-order valence-electron chi connectivity index (χ4n) is 4.84. The number of nitrogens with one attached hydrogen (secondary N) is 2. The Labute approximate surface area is 261 Å². The molecule has 0 aromatic heterocycles. The molecule has 2 aromatic rings. The first-order chi connectivity index (χ1) is 21.6. The highest BCUT2D eigenvalue weighted by Gasteiger charge is 2.32. The summed E-state index contributed by atoms with van der Waals surface area (Å²) in [7, 11) is 0. The summed E-state index contributed by atoms with van der Waals surface area (Å²) < 4.78 is 5.93. The minimum atomic E-state index is -0.729. The molecule has 4 amide bonds. The second-order valence-electron chi connectivity index (χ2n) is 10.3. The molecule has 0 spiro atoms. The van der Waals surface area contributed by atoms with E-state index in [4.69, 9.17) is 9.25 Å². The second kappa shape index (κ2) is 13.6. The Morgan fingerprint density at radius 3 is 2.47 bits per heavy atom. The number of fused-ring (bicyclic) bond motifs is 2. The van der Waals surface area contributed by atoms with Crippen LogP contribution in [0.3, 0.4) is 0 Å². The maximum Gasteiger partial charge on any atom is 0.334 e. The number of aromatic hydroxyl groups is 1. The molecule has 3 N–H and O–H groups in total. The van der Waals surface area contributed by atoms with Gasteiger partial charge in [-0.1, -0.05) is 6.07 Å². The highest BCUT2D eigenvalue weighted by atomic mass is 32.2. The second-order valence-corrected chi connectivity index (χ2v) is 11.4. The van der Waals surface area contributed by atoms with Crippen LogP contribution in [-0.2, 0) is 24.0 Å². The van der Waals surface area contributed by atoms with E-state index in [2.05, 4.69) is 10.6 Å². The summed E-state index contributed by atoms with van der Waals surface area (Å²) in [6, 6.07) is 14.5. The number of carbonyl (C=O) groups excluding carboxylic acids is 5. The first-order valence-corrected chi connectivity index (χ1v) is 15.3. The van der Waals surface area contributed by atoms with Crippen molar-refractivity contribution in [3.63, 3.8) is 0 Å². The van der Waals surface area contributed by atoms with Gasteiger partial charge in [0.05, 0.1) is 12.2 Å². The Hall–Kier alpha value is -5.17. The quantitative estimate of drug-likeness (QED) is 0.127. The summed E-state index contributed by atoms with van der Waals surface area (Å²) in [6.45, 7) is 2.26. The third-order valence-electron chi connectivity index (χ3n) is 7.06. The van der Waals surface area contributed by atoms with E-state index >= 15 is 0 Å².